The molecule has 0 saturated carbocycles. The Morgan fingerprint density at radius 2 is 1.44 bits per heavy atom. The number of imide groups is 1. The third kappa shape index (κ3) is 6.74. The van der Waals surface area contributed by atoms with Crippen molar-refractivity contribution in [1.29, 1.82) is 0 Å². The summed E-state index contributed by atoms with van der Waals surface area (Å²) in [7, 11) is -2.92. The number of halogens is 1. The fourth-order valence-electron chi connectivity index (χ4n) is 6.52. The molecule has 1 aliphatic heterocycles. The minimum atomic E-state index is -2.92. The van der Waals surface area contributed by atoms with Gasteiger partial charge in [-0.2, -0.15) is 0 Å². The van der Waals surface area contributed by atoms with Crippen LogP contribution < -0.4 is 10.4 Å². The summed E-state index contributed by atoms with van der Waals surface area (Å²) < 4.78 is 14.2. The average Bonchev–Trinajstić information content (AvgIpc) is 3.21. The smallest absolute Gasteiger partial charge is 0.417 e. The molecule has 228 valence electrons. The number of carbonyl (C=O) groups is 2. The molecule has 5 nitrogen and oxygen atoms in total. The summed E-state index contributed by atoms with van der Waals surface area (Å²) in [4.78, 5) is 27.6. The molecule has 0 aliphatic carbocycles. The third-order valence-electron chi connectivity index (χ3n) is 8.35. The van der Waals surface area contributed by atoms with Crippen molar-refractivity contribution in [3.63, 3.8) is 0 Å². The quantitative estimate of drug-likeness (QED) is 0.172. The van der Waals surface area contributed by atoms with Crippen molar-refractivity contribution in [1.82, 2.24) is 4.90 Å². The van der Waals surface area contributed by atoms with Crippen molar-refractivity contribution in [2.24, 2.45) is 11.8 Å². The van der Waals surface area contributed by atoms with Crippen molar-refractivity contribution < 1.29 is 18.8 Å². The first-order chi connectivity index (χ1) is 20.2. The molecule has 1 aliphatic rings. The van der Waals surface area contributed by atoms with Gasteiger partial charge in [0.1, 0.15) is 5.60 Å². The second-order valence-electron chi connectivity index (χ2n) is 13.3. The zero-order valence-electron chi connectivity index (χ0n) is 26.5. The lowest BCUT2D eigenvalue weighted by Crippen LogP contribution is -2.67. The van der Waals surface area contributed by atoms with Gasteiger partial charge >= 0.3 is 6.09 Å². The molecule has 3 aromatic carbocycles. The summed E-state index contributed by atoms with van der Waals surface area (Å²) >= 11 is 3.58. The number of carbonyl (C=O) groups excluding carboxylic acids is 2. The van der Waals surface area contributed by atoms with Gasteiger partial charge in [-0.25, -0.2) is 9.69 Å². The predicted molar refractivity (Wildman–Crippen MR) is 180 cm³/mol. The number of cyclic esters (lactones) is 1. The largest absolute Gasteiger partial charge is 0.441 e. The maximum absolute atomic E-state index is 13.6. The van der Waals surface area contributed by atoms with Crippen LogP contribution >= 0.6 is 15.9 Å². The van der Waals surface area contributed by atoms with E-state index in [-0.39, 0.29) is 34.9 Å². The van der Waals surface area contributed by atoms with Gasteiger partial charge in [0.25, 0.3) is 14.2 Å². The zero-order valence-corrected chi connectivity index (χ0v) is 29.1. The molecule has 2 amide bonds. The number of hydrogen-bond acceptors (Lipinski definition) is 4. The molecule has 1 saturated heterocycles. The number of ether oxygens (including phenoxy) is 1. The highest BCUT2D eigenvalue weighted by atomic mass is 79.9. The fourth-order valence-corrected chi connectivity index (χ4v) is 11.5. The summed E-state index contributed by atoms with van der Waals surface area (Å²) in [6.07, 6.45) is 2.43. The van der Waals surface area contributed by atoms with Crippen LogP contribution in [0.4, 0.5) is 4.79 Å². The highest BCUT2D eigenvalue weighted by molar-refractivity contribution is 9.10. The van der Waals surface area contributed by atoms with E-state index >= 15 is 0 Å². The van der Waals surface area contributed by atoms with Gasteiger partial charge in [-0.05, 0) is 52.9 Å². The molecule has 1 heterocycles. The summed E-state index contributed by atoms with van der Waals surface area (Å²) in [6, 6.07) is 28.9. The third-order valence-corrected chi connectivity index (χ3v) is 13.9. The van der Waals surface area contributed by atoms with Crippen molar-refractivity contribution in [2.45, 2.75) is 78.2 Å². The van der Waals surface area contributed by atoms with Crippen LogP contribution in [0.3, 0.4) is 0 Å². The van der Waals surface area contributed by atoms with E-state index in [0.29, 0.717) is 0 Å². The molecule has 7 heteroatoms. The Morgan fingerprint density at radius 3 is 1.91 bits per heavy atom. The average molecular weight is 663 g/mol. The molecule has 0 bridgehead atoms. The lowest BCUT2D eigenvalue weighted by atomic mass is 9.89. The van der Waals surface area contributed by atoms with Crippen molar-refractivity contribution >= 4 is 46.6 Å². The Kier molecular flexibility index (Phi) is 9.89. The SMILES string of the molecule is CC(C)[C@@H]1N(C(=O)/C=C/[C@@H](C)[C@@H](O[Si](c2ccccc2)(c2ccccc2)C(C)(C)C)c2ccc(Br)cc2)C(=O)OC1(C)C. The number of benzene rings is 3. The van der Waals surface area contributed by atoms with E-state index < -0.39 is 20.0 Å². The number of nitrogens with zero attached hydrogens (tertiary/aromatic N) is 1. The van der Waals surface area contributed by atoms with Crippen molar-refractivity contribution in [3.05, 3.63) is 107 Å². The molecule has 3 atom stereocenters. The van der Waals surface area contributed by atoms with Gasteiger partial charge in [-0.15, -0.1) is 0 Å². The normalized spacial score (nSPS) is 18.6. The van der Waals surface area contributed by atoms with E-state index in [1.54, 1.807) is 0 Å². The Balaban J connectivity index is 1.80. The van der Waals surface area contributed by atoms with E-state index in [2.05, 4.69) is 104 Å². The van der Waals surface area contributed by atoms with Gasteiger partial charge in [0.05, 0.1) is 12.1 Å². The molecule has 0 aromatic heterocycles. The summed E-state index contributed by atoms with van der Waals surface area (Å²) in [6.45, 7) is 16.6. The van der Waals surface area contributed by atoms with Gasteiger partial charge in [-0.3, -0.25) is 4.79 Å². The van der Waals surface area contributed by atoms with E-state index in [1.165, 1.54) is 21.3 Å². The minimum absolute atomic E-state index is 0.0465. The summed E-state index contributed by atoms with van der Waals surface area (Å²) in [5.74, 6) is -0.526. The van der Waals surface area contributed by atoms with Crippen LogP contribution in [0.2, 0.25) is 5.04 Å². The highest BCUT2D eigenvalue weighted by Gasteiger charge is 2.53. The van der Waals surface area contributed by atoms with Crippen LogP contribution in [-0.2, 0) is 14.0 Å². The standard InChI is InChI=1S/C36H44BrNO4Si/c1-25(2)33-36(7,8)41-34(40)38(33)31(39)24-19-26(3)32(27-20-22-28(37)23-21-27)42-43(35(4,5)6,29-15-11-9-12-16-29)30-17-13-10-14-18-30/h9-26,32-33H,1-8H3/b24-19+/t26-,32-,33+/m1/s1. The van der Waals surface area contributed by atoms with Gasteiger partial charge in [0.2, 0.25) is 0 Å². The monoisotopic (exact) mass is 661 g/mol. The number of rotatable bonds is 9. The second kappa shape index (κ2) is 12.9. The van der Waals surface area contributed by atoms with Gasteiger partial charge in [-0.1, -0.05) is 136 Å². The Bertz CT molecular complexity index is 1390. The Labute approximate surface area is 266 Å². The van der Waals surface area contributed by atoms with Gasteiger partial charge in [0, 0.05) is 16.5 Å². The minimum Gasteiger partial charge on any atom is -0.441 e. The zero-order chi connectivity index (χ0) is 31.6. The van der Waals surface area contributed by atoms with Crippen LogP contribution in [0.15, 0.2) is 102 Å². The number of hydrogen-bond donors (Lipinski definition) is 0. The predicted octanol–water partition coefficient (Wildman–Crippen LogP) is 8.04. The van der Waals surface area contributed by atoms with E-state index in [4.69, 9.17) is 9.16 Å². The van der Waals surface area contributed by atoms with Gasteiger partial charge in [0.15, 0.2) is 0 Å². The van der Waals surface area contributed by atoms with Crippen LogP contribution in [-0.4, -0.2) is 36.9 Å². The molecule has 0 N–H and O–H groups in total. The molecule has 4 rings (SSSR count). The first-order valence-electron chi connectivity index (χ1n) is 15.0. The highest BCUT2D eigenvalue weighted by Crippen LogP contribution is 2.42. The van der Waals surface area contributed by atoms with Crippen LogP contribution in [0.5, 0.6) is 0 Å². The Morgan fingerprint density at radius 1 is 0.930 bits per heavy atom. The van der Waals surface area contributed by atoms with E-state index in [1.807, 2.05) is 58.0 Å². The maximum Gasteiger partial charge on any atom is 0.417 e. The summed E-state index contributed by atoms with van der Waals surface area (Å²) in [5, 5.41) is 2.15. The van der Waals surface area contributed by atoms with Crippen LogP contribution in [0.1, 0.15) is 67.1 Å². The maximum atomic E-state index is 13.6. The van der Waals surface area contributed by atoms with Crippen molar-refractivity contribution in [2.75, 3.05) is 0 Å². The summed E-state index contributed by atoms with van der Waals surface area (Å²) in [5.41, 5.74) is 0.259. The van der Waals surface area contributed by atoms with Crippen LogP contribution in [0, 0.1) is 11.8 Å². The molecular weight excluding hydrogens is 618 g/mol. The molecule has 0 spiro atoms. The van der Waals surface area contributed by atoms with E-state index in [9.17, 15) is 9.59 Å². The molecule has 1 fully saturated rings. The topological polar surface area (TPSA) is 55.8 Å². The van der Waals surface area contributed by atoms with Crippen LogP contribution in [0.25, 0.3) is 0 Å². The molecule has 43 heavy (non-hydrogen) atoms. The lowest BCUT2D eigenvalue weighted by Gasteiger charge is -2.46. The first kappa shape index (κ1) is 32.9. The number of amides is 2. The molecular formula is C36H44BrNO4Si. The van der Waals surface area contributed by atoms with Crippen molar-refractivity contribution in [3.8, 4) is 0 Å². The Hall–Kier alpha value is -3.00. The molecule has 0 radical (unpaired) electrons. The fraction of sp³-hybridized carbons (Fsp3) is 0.389. The second-order valence-corrected chi connectivity index (χ2v) is 18.5. The molecule has 3 aromatic rings. The molecule has 0 unspecified atom stereocenters. The lowest BCUT2D eigenvalue weighted by molar-refractivity contribution is -0.125. The van der Waals surface area contributed by atoms with E-state index in [0.717, 1.165) is 10.0 Å². The first-order valence-corrected chi connectivity index (χ1v) is 17.7. The van der Waals surface area contributed by atoms with Gasteiger partial charge < -0.3 is 9.16 Å².